The van der Waals surface area contributed by atoms with Crippen LogP contribution in [0.5, 0.6) is 11.5 Å². The number of hydrogen-bond donors (Lipinski definition) is 1. The van der Waals surface area contributed by atoms with Gasteiger partial charge in [0.05, 0.1) is 26.2 Å². The average Bonchev–Trinajstić information content (AvgIpc) is 3.13. The molecule has 0 saturated carbocycles. The molecule has 1 heterocycles. The zero-order valence-corrected chi connectivity index (χ0v) is 17.4. The van der Waals surface area contributed by atoms with Gasteiger partial charge in [0, 0.05) is 28.0 Å². The second-order valence-corrected chi connectivity index (χ2v) is 7.29. The lowest BCUT2D eigenvalue weighted by Gasteiger charge is -2.06. The number of ether oxygens (including phenoxy) is 2. The van der Waals surface area contributed by atoms with E-state index in [1.165, 1.54) is 11.8 Å². The third-order valence-corrected chi connectivity index (χ3v) is 5.23. The number of carbonyl (C=O) groups excluding carboxylic acids is 1. The van der Waals surface area contributed by atoms with Crippen LogP contribution in [0.15, 0.2) is 70.8 Å². The molecule has 0 aliphatic heterocycles. The Labute approximate surface area is 174 Å². The number of hydrazone groups is 1. The van der Waals surface area contributed by atoms with Crippen molar-refractivity contribution in [2.24, 2.45) is 5.10 Å². The van der Waals surface area contributed by atoms with Crippen LogP contribution in [-0.2, 0) is 4.79 Å². The summed E-state index contributed by atoms with van der Waals surface area (Å²) in [5, 5.41) is 4.07. The molecule has 150 valence electrons. The lowest BCUT2D eigenvalue weighted by atomic mass is 10.3. The summed E-state index contributed by atoms with van der Waals surface area (Å²) in [6.45, 7) is 2.02. The van der Waals surface area contributed by atoms with Gasteiger partial charge in [-0.1, -0.05) is 0 Å². The van der Waals surface area contributed by atoms with E-state index in [1.54, 1.807) is 20.4 Å². The molecule has 0 spiro atoms. The highest BCUT2D eigenvalue weighted by Gasteiger charge is 2.05. The lowest BCUT2D eigenvalue weighted by Crippen LogP contribution is -2.19. The number of rotatable bonds is 8. The number of amides is 1. The Kier molecular flexibility index (Phi) is 6.97. The van der Waals surface area contributed by atoms with Crippen LogP contribution in [0.2, 0.25) is 0 Å². The topological polar surface area (TPSA) is 64.8 Å². The fourth-order valence-electron chi connectivity index (χ4n) is 2.72. The fourth-order valence-corrected chi connectivity index (χ4v) is 3.41. The molecule has 0 radical (unpaired) electrons. The van der Waals surface area contributed by atoms with Crippen LogP contribution >= 0.6 is 11.8 Å². The van der Waals surface area contributed by atoms with Gasteiger partial charge >= 0.3 is 0 Å². The third-order valence-electron chi connectivity index (χ3n) is 4.22. The fraction of sp³-hybridized carbons (Fsp3) is 0.182. The molecule has 0 fully saturated rings. The Morgan fingerprint density at radius 1 is 1.07 bits per heavy atom. The van der Waals surface area contributed by atoms with Gasteiger partial charge in [-0.15, -0.1) is 11.8 Å². The van der Waals surface area contributed by atoms with Gasteiger partial charge in [-0.3, -0.25) is 4.79 Å². The Balaban J connectivity index is 1.53. The highest BCUT2D eigenvalue weighted by Crippen LogP contribution is 2.21. The minimum Gasteiger partial charge on any atom is -0.497 e. The van der Waals surface area contributed by atoms with Crippen LogP contribution in [-0.4, -0.2) is 36.7 Å². The average molecular weight is 410 g/mol. The molecule has 0 atom stereocenters. The molecule has 1 N–H and O–H groups in total. The van der Waals surface area contributed by atoms with Gasteiger partial charge in [0.25, 0.3) is 0 Å². The molecule has 0 aliphatic carbocycles. The summed E-state index contributed by atoms with van der Waals surface area (Å²) >= 11 is 1.44. The summed E-state index contributed by atoms with van der Waals surface area (Å²) < 4.78 is 12.4. The van der Waals surface area contributed by atoms with E-state index < -0.39 is 0 Å². The molecule has 3 rings (SSSR count). The van der Waals surface area contributed by atoms with Crippen molar-refractivity contribution in [3.63, 3.8) is 0 Å². The minimum atomic E-state index is -0.159. The van der Waals surface area contributed by atoms with Crippen molar-refractivity contribution in [2.75, 3.05) is 20.0 Å². The first-order valence-corrected chi connectivity index (χ1v) is 10.00. The van der Waals surface area contributed by atoms with Gasteiger partial charge in [-0.25, -0.2) is 5.43 Å². The minimum absolute atomic E-state index is 0.159. The molecule has 0 unspecified atom stereocenters. The monoisotopic (exact) mass is 409 g/mol. The van der Waals surface area contributed by atoms with Crippen molar-refractivity contribution in [3.05, 3.63) is 72.1 Å². The maximum Gasteiger partial charge on any atom is 0.250 e. The summed E-state index contributed by atoms with van der Waals surface area (Å²) in [6, 6.07) is 17.4. The Morgan fingerprint density at radius 2 is 1.69 bits per heavy atom. The number of nitrogens with zero attached hydrogens (tertiary/aromatic N) is 2. The SMILES string of the molecule is COc1ccc(SCC(=O)N/N=C/c2cc(C)n(-c3ccc(OC)cc3)c2)cc1. The number of benzene rings is 2. The smallest absolute Gasteiger partial charge is 0.250 e. The van der Waals surface area contributed by atoms with E-state index in [0.717, 1.165) is 33.3 Å². The van der Waals surface area contributed by atoms with E-state index >= 15 is 0 Å². The van der Waals surface area contributed by atoms with Gasteiger partial charge in [-0.2, -0.15) is 5.10 Å². The van der Waals surface area contributed by atoms with E-state index in [1.807, 2.05) is 67.7 Å². The van der Waals surface area contributed by atoms with Crippen LogP contribution in [0.4, 0.5) is 0 Å². The third kappa shape index (κ3) is 5.65. The van der Waals surface area contributed by atoms with Crippen molar-refractivity contribution in [1.82, 2.24) is 9.99 Å². The number of aryl methyl sites for hydroxylation is 1. The normalized spacial score (nSPS) is 10.9. The molecule has 3 aromatic rings. The van der Waals surface area contributed by atoms with E-state index in [4.69, 9.17) is 9.47 Å². The molecular formula is C22H23N3O3S. The van der Waals surface area contributed by atoms with Crippen molar-refractivity contribution in [3.8, 4) is 17.2 Å². The number of carbonyl (C=O) groups is 1. The quantitative estimate of drug-likeness (QED) is 0.346. The predicted octanol–water partition coefficient (Wildman–Crippen LogP) is 4.05. The van der Waals surface area contributed by atoms with Crippen molar-refractivity contribution < 1.29 is 14.3 Å². The molecule has 2 aromatic carbocycles. The van der Waals surface area contributed by atoms with Crippen LogP contribution in [0, 0.1) is 6.92 Å². The van der Waals surface area contributed by atoms with Gasteiger partial charge in [0.2, 0.25) is 5.91 Å². The zero-order chi connectivity index (χ0) is 20.6. The second kappa shape index (κ2) is 9.84. The molecule has 29 heavy (non-hydrogen) atoms. The first-order valence-electron chi connectivity index (χ1n) is 9.01. The van der Waals surface area contributed by atoms with Crippen molar-refractivity contribution in [1.29, 1.82) is 0 Å². The van der Waals surface area contributed by atoms with Gasteiger partial charge in [0.15, 0.2) is 0 Å². The maximum atomic E-state index is 12.0. The molecule has 6 nitrogen and oxygen atoms in total. The van der Waals surface area contributed by atoms with E-state index in [-0.39, 0.29) is 11.7 Å². The second-order valence-electron chi connectivity index (χ2n) is 6.24. The van der Waals surface area contributed by atoms with Crippen LogP contribution in [0.25, 0.3) is 5.69 Å². The van der Waals surface area contributed by atoms with Crippen LogP contribution in [0.1, 0.15) is 11.3 Å². The van der Waals surface area contributed by atoms with Gasteiger partial charge in [-0.05, 0) is 61.5 Å². The Hall–Kier alpha value is -3.19. The van der Waals surface area contributed by atoms with Gasteiger partial charge in [0.1, 0.15) is 11.5 Å². The molecule has 1 aromatic heterocycles. The largest absolute Gasteiger partial charge is 0.497 e. The molecule has 0 saturated heterocycles. The van der Waals surface area contributed by atoms with Gasteiger partial charge < -0.3 is 14.0 Å². The number of thioether (sulfide) groups is 1. The summed E-state index contributed by atoms with van der Waals surface area (Å²) in [6.07, 6.45) is 3.61. The number of aromatic nitrogens is 1. The Bertz CT molecular complexity index is 980. The van der Waals surface area contributed by atoms with Crippen LogP contribution in [0.3, 0.4) is 0 Å². The van der Waals surface area contributed by atoms with E-state index in [2.05, 4.69) is 15.1 Å². The maximum absolute atomic E-state index is 12.0. The highest BCUT2D eigenvalue weighted by molar-refractivity contribution is 8.00. The standard InChI is InChI=1S/C22H23N3O3S/c1-16-12-17(14-25(16)18-4-6-19(27-2)7-5-18)13-23-24-22(26)15-29-21-10-8-20(28-3)9-11-21/h4-14H,15H2,1-3H3,(H,24,26)/b23-13+. The van der Waals surface area contributed by atoms with E-state index in [9.17, 15) is 4.79 Å². The first-order chi connectivity index (χ1) is 14.1. The summed E-state index contributed by atoms with van der Waals surface area (Å²) in [4.78, 5) is 13.0. The highest BCUT2D eigenvalue weighted by atomic mass is 32.2. The first kappa shape index (κ1) is 20.5. The van der Waals surface area contributed by atoms with Crippen LogP contribution < -0.4 is 14.9 Å². The summed E-state index contributed by atoms with van der Waals surface area (Å²) in [7, 11) is 3.27. The predicted molar refractivity (Wildman–Crippen MR) is 117 cm³/mol. The molecule has 1 amide bonds. The lowest BCUT2D eigenvalue weighted by molar-refractivity contribution is -0.118. The van der Waals surface area contributed by atoms with E-state index in [0.29, 0.717) is 0 Å². The molecule has 7 heteroatoms. The number of nitrogens with one attached hydrogen (secondary N) is 1. The number of methoxy groups -OCH3 is 2. The van der Waals surface area contributed by atoms with Crippen molar-refractivity contribution >= 4 is 23.9 Å². The zero-order valence-electron chi connectivity index (χ0n) is 16.6. The number of hydrogen-bond acceptors (Lipinski definition) is 5. The molecule has 0 aliphatic rings. The van der Waals surface area contributed by atoms with Crippen molar-refractivity contribution in [2.45, 2.75) is 11.8 Å². The Morgan fingerprint density at radius 3 is 2.31 bits per heavy atom. The summed E-state index contributed by atoms with van der Waals surface area (Å²) in [5.74, 6) is 1.74. The summed E-state index contributed by atoms with van der Waals surface area (Å²) in [5.41, 5.74) is 5.57. The molecule has 0 bridgehead atoms. The molecular weight excluding hydrogens is 386 g/mol.